The lowest BCUT2D eigenvalue weighted by molar-refractivity contribution is 0.340. The molecule has 0 spiro atoms. The molecule has 2 heterocycles. The van der Waals surface area contributed by atoms with Crippen LogP contribution in [0, 0.1) is 0 Å². The maximum Gasteiger partial charge on any atom is 0.246 e. The highest BCUT2D eigenvalue weighted by molar-refractivity contribution is 8.00. The highest BCUT2D eigenvalue weighted by Gasteiger charge is 2.35. The molecule has 1 aromatic rings. The van der Waals surface area contributed by atoms with E-state index in [1.165, 1.54) is 6.20 Å². The Kier molecular flexibility index (Phi) is 5.70. The first kappa shape index (κ1) is 16.8. The van der Waals surface area contributed by atoms with Crippen LogP contribution in [0.3, 0.4) is 0 Å². The van der Waals surface area contributed by atoms with E-state index in [1.54, 1.807) is 15.2 Å². The van der Waals surface area contributed by atoms with Gasteiger partial charge in [0.15, 0.2) is 0 Å². The van der Waals surface area contributed by atoms with Gasteiger partial charge in [0.25, 0.3) is 0 Å². The van der Waals surface area contributed by atoms with Gasteiger partial charge >= 0.3 is 0 Å². The third-order valence-corrected chi connectivity index (χ3v) is 7.09. The van der Waals surface area contributed by atoms with Gasteiger partial charge in [-0.25, -0.2) is 8.42 Å². The van der Waals surface area contributed by atoms with Crippen LogP contribution in [-0.2, 0) is 16.6 Å². The van der Waals surface area contributed by atoms with E-state index in [9.17, 15) is 8.42 Å². The Morgan fingerprint density at radius 2 is 2.24 bits per heavy atom. The van der Waals surface area contributed by atoms with Gasteiger partial charge in [0.05, 0.1) is 12.7 Å². The normalized spacial score (nSPS) is 24.3. The van der Waals surface area contributed by atoms with Gasteiger partial charge in [-0.15, -0.1) is 0 Å². The summed E-state index contributed by atoms with van der Waals surface area (Å²) in [5.41, 5.74) is 0. The second-order valence-electron chi connectivity index (χ2n) is 5.22. The Morgan fingerprint density at radius 1 is 1.48 bits per heavy atom. The predicted octanol–water partition coefficient (Wildman–Crippen LogP) is 1.01. The van der Waals surface area contributed by atoms with Gasteiger partial charge in [-0.05, 0) is 13.5 Å². The maximum absolute atomic E-state index is 12.7. The molecule has 2 atom stereocenters. The van der Waals surface area contributed by atoms with E-state index in [0.717, 1.165) is 18.8 Å². The molecule has 1 aliphatic heterocycles. The van der Waals surface area contributed by atoms with Crippen LogP contribution in [0.1, 0.15) is 20.8 Å². The Bertz CT molecular complexity index is 558. The minimum Gasteiger partial charge on any atom is -0.315 e. The average Bonchev–Trinajstić information content (AvgIpc) is 2.91. The number of thioether (sulfide) groups is 1. The lowest BCUT2D eigenvalue weighted by Gasteiger charge is -2.36. The van der Waals surface area contributed by atoms with E-state index in [2.05, 4.69) is 17.3 Å². The molecule has 21 heavy (non-hydrogen) atoms. The number of hydrogen-bond acceptors (Lipinski definition) is 5. The van der Waals surface area contributed by atoms with Gasteiger partial charge in [-0.3, -0.25) is 4.68 Å². The van der Waals surface area contributed by atoms with E-state index < -0.39 is 10.0 Å². The SMILES string of the molecule is CCNCCn1cc(S(=O)(=O)N2CCSC(C)C2C)cn1. The van der Waals surface area contributed by atoms with Crippen molar-refractivity contribution >= 4 is 21.8 Å². The fourth-order valence-corrected chi connectivity index (χ4v) is 5.30. The molecule has 0 amide bonds. The standard InChI is InChI=1S/C13H24N4O2S2/c1-4-14-5-6-16-10-13(9-15-16)21(18,19)17-7-8-20-12(3)11(17)2/h9-12,14H,4-8H2,1-3H3. The van der Waals surface area contributed by atoms with Gasteiger partial charge in [0.2, 0.25) is 10.0 Å². The first-order valence-electron chi connectivity index (χ1n) is 7.33. The summed E-state index contributed by atoms with van der Waals surface area (Å²) in [5, 5.41) is 7.67. The smallest absolute Gasteiger partial charge is 0.246 e. The first-order chi connectivity index (χ1) is 9.96. The highest BCUT2D eigenvalue weighted by Crippen LogP contribution is 2.29. The Morgan fingerprint density at radius 3 is 2.95 bits per heavy atom. The Hall–Kier alpha value is -0.570. The van der Waals surface area contributed by atoms with Gasteiger partial charge in [-0.1, -0.05) is 13.8 Å². The van der Waals surface area contributed by atoms with E-state index in [-0.39, 0.29) is 6.04 Å². The molecular formula is C13H24N4O2S2. The maximum atomic E-state index is 12.7. The van der Waals surface area contributed by atoms with E-state index >= 15 is 0 Å². The lowest BCUT2D eigenvalue weighted by atomic mass is 10.2. The first-order valence-corrected chi connectivity index (χ1v) is 9.82. The van der Waals surface area contributed by atoms with Crippen LogP contribution in [0.2, 0.25) is 0 Å². The lowest BCUT2D eigenvalue weighted by Crippen LogP contribution is -2.47. The van der Waals surface area contributed by atoms with E-state index in [4.69, 9.17) is 0 Å². The molecule has 1 N–H and O–H groups in total. The molecule has 1 aliphatic rings. The number of likely N-dealkylation sites (N-methyl/N-ethyl adjacent to an activating group) is 1. The number of sulfonamides is 1. The fourth-order valence-electron chi connectivity index (χ4n) is 2.35. The molecule has 0 saturated carbocycles. The fraction of sp³-hybridized carbons (Fsp3) is 0.769. The van der Waals surface area contributed by atoms with Gasteiger partial charge < -0.3 is 5.32 Å². The minimum atomic E-state index is -3.44. The molecular weight excluding hydrogens is 308 g/mol. The second-order valence-corrected chi connectivity index (χ2v) is 8.60. The third kappa shape index (κ3) is 3.80. The van der Waals surface area contributed by atoms with Gasteiger partial charge in [0.1, 0.15) is 4.90 Å². The van der Waals surface area contributed by atoms with Crippen molar-refractivity contribution in [3.63, 3.8) is 0 Å². The van der Waals surface area contributed by atoms with Crippen LogP contribution in [-0.4, -0.2) is 59.2 Å². The summed E-state index contributed by atoms with van der Waals surface area (Å²) in [6.45, 7) is 9.02. The minimum absolute atomic E-state index is 0.0128. The van der Waals surface area contributed by atoms with Crippen molar-refractivity contribution in [1.82, 2.24) is 19.4 Å². The summed E-state index contributed by atoms with van der Waals surface area (Å²) in [4.78, 5) is 0.296. The molecule has 2 unspecified atom stereocenters. The summed E-state index contributed by atoms with van der Waals surface area (Å²) in [6.07, 6.45) is 3.09. The Balaban J connectivity index is 2.12. The van der Waals surface area contributed by atoms with E-state index in [1.807, 2.05) is 25.6 Å². The van der Waals surface area contributed by atoms with Crippen molar-refractivity contribution < 1.29 is 8.42 Å². The van der Waals surface area contributed by atoms with Crippen molar-refractivity contribution in [3.05, 3.63) is 12.4 Å². The summed E-state index contributed by atoms with van der Waals surface area (Å²) < 4.78 is 28.8. The number of rotatable bonds is 6. The average molecular weight is 332 g/mol. The topological polar surface area (TPSA) is 67.2 Å². The quantitative estimate of drug-likeness (QED) is 0.788. The molecule has 1 fully saturated rings. The molecule has 0 aliphatic carbocycles. The number of nitrogens with one attached hydrogen (secondary N) is 1. The van der Waals surface area contributed by atoms with Crippen molar-refractivity contribution in [3.8, 4) is 0 Å². The molecule has 120 valence electrons. The molecule has 1 aromatic heterocycles. The Labute approximate surface area is 131 Å². The molecule has 8 heteroatoms. The summed E-state index contributed by atoms with van der Waals surface area (Å²) in [6, 6.07) is 0.0128. The largest absolute Gasteiger partial charge is 0.315 e. The monoisotopic (exact) mass is 332 g/mol. The summed E-state index contributed by atoms with van der Waals surface area (Å²) >= 11 is 1.82. The zero-order valence-electron chi connectivity index (χ0n) is 12.8. The highest BCUT2D eigenvalue weighted by atomic mass is 32.2. The van der Waals surface area contributed by atoms with Crippen molar-refractivity contribution in [2.24, 2.45) is 0 Å². The molecule has 6 nitrogen and oxygen atoms in total. The van der Waals surface area contributed by atoms with Gasteiger partial charge in [0, 0.05) is 36.3 Å². The molecule has 2 rings (SSSR count). The summed E-state index contributed by atoms with van der Waals surface area (Å²) in [5.74, 6) is 0.847. The molecule has 0 radical (unpaired) electrons. The zero-order chi connectivity index (χ0) is 15.5. The number of hydrogen-bond donors (Lipinski definition) is 1. The van der Waals surface area contributed by atoms with Crippen LogP contribution in [0.4, 0.5) is 0 Å². The molecule has 0 bridgehead atoms. The van der Waals surface area contributed by atoms with Crippen LogP contribution in [0.25, 0.3) is 0 Å². The van der Waals surface area contributed by atoms with Crippen LogP contribution in [0.5, 0.6) is 0 Å². The van der Waals surface area contributed by atoms with Crippen molar-refractivity contribution in [2.75, 3.05) is 25.4 Å². The zero-order valence-corrected chi connectivity index (χ0v) is 14.5. The predicted molar refractivity (Wildman–Crippen MR) is 86.0 cm³/mol. The summed E-state index contributed by atoms with van der Waals surface area (Å²) in [7, 11) is -3.44. The van der Waals surface area contributed by atoms with E-state index in [0.29, 0.717) is 23.2 Å². The van der Waals surface area contributed by atoms with Crippen LogP contribution in [0.15, 0.2) is 17.3 Å². The van der Waals surface area contributed by atoms with Crippen molar-refractivity contribution in [1.29, 1.82) is 0 Å². The van der Waals surface area contributed by atoms with Gasteiger partial charge in [-0.2, -0.15) is 21.2 Å². The number of aromatic nitrogens is 2. The second kappa shape index (κ2) is 7.13. The van der Waals surface area contributed by atoms with Crippen LogP contribution >= 0.6 is 11.8 Å². The molecule has 0 aromatic carbocycles. The molecule has 1 saturated heterocycles. The third-order valence-electron chi connectivity index (χ3n) is 3.81. The number of nitrogens with zero attached hydrogens (tertiary/aromatic N) is 3. The van der Waals surface area contributed by atoms with Crippen LogP contribution < -0.4 is 5.32 Å². The van der Waals surface area contributed by atoms with Crippen molar-refractivity contribution in [2.45, 2.75) is 43.5 Å².